The van der Waals surface area contributed by atoms with Gasteiger partial charge in [-0.2, -0.15) is 5.10 Å². The first kappa shape index (κ1) is 21.8. The quantitative estimate of drug-likeness (QED) is 0.307. The predicted molar refractivity (Wildman–Crippen MR) is 138 cm³/mol. The lowest BCUT2D eigenvalue weighted by atomic mass is 9.69. The topological polar surface area (TPSA) is 59.3 Å². The van der Waals surface area contributed by atoms with Crippen LogP contribution >= 0.6 is 0 Å². The fraction of sp³-hybridized carbons (Fsp3) is 0.207. The second kappa shape index (κ2) is 9.10. The fourth-order valence-corrected chi connectivity index (χ4v) is 4.71. The Morgan fingerprint density at radius 3 is 2.41 bits per heavy atom. The van der Waals surface area contributed by atoms with Gasteiger partial charge in [-0.3, -0.25) is 9.36 Å². The lowest BCUT2D eigenvalue weighted by molar-refractivity contribution is 0.436. The van der Waals surface area contributed by atoms with E-state index < -0.39 is 0 Å². The highest BCUT2D eigenvalue weighted by Crippen LogP contribution is 2.42. The number of hydrogen-bond donors (Lipinski definition) is 1. The van der Waals surface area contributed by atoms with Crippen LogP contribution in [0.5, 0.6) is 0 Å². The number of hydrogen-bond acceptors (Lipinski definition) is 4. The molecule has 1 N–H and O–H groups in total. The molecule has 0 amide bonds. The first-order chi connectivity index (χ1) is 16.6. The van der Waals surface area contributed by atoms with Crippen LogP contribution in [0.1, 0.15) is 42.5 Å². The summed E-state index contributed by atoms with van der Waals surface area (Å²) in [6.45, 7) is 4.75. The maximum absolute atomic E-state index is 14.1. The van der Waals surface area contributed by atoms with E-state index >= 15 is 0 Å². The fourth-order valence-electron chi connectivity index (χ4n) is 4.71. The van der Waals surface area contributed by atoms with Crippen molar-refractivity contribution in [3.63, 3.8) is 0 Å². The van der Waals surface area contributed by atoms with Gasteiger partial charge in [-0.25, -0.2) is 10.4 Å². The zero-order chi connectivity index (χ0) is 23.5. The van der Waals surface area contributed by atoms with Crippen molar-refractivity contribution in [3.05, 3.63) is 118 Å². The summed E-state index contributed by atoms with van der Waals surface area (Å²) in [6.07, 6.45) is 3.42. The molecule has 5 rings (SSSR count). The molecule has 0 aliphatic heterocycles. The molecule has 1 atom stereocenters. The van der Waals surface area contributed by atoms with E-state index in [1.807, 2.05) is 66.7 Å². The Morgan fingerprint density at radius 2 is 1.68 bits per heavy atom. The van der Waals surface area contributed by atoms with Crippen molar-refractivity contribution in [1.82, 2.24) is 9.55 Å². The van der Waals surface area contributed by atoms with Gasteiger partial charge in [0, 0.05) is 11.0 Å². The molecule has 0 fully saturated rings. The highest BCUT2D eigenvalue weighted by atomic mass is 16.1. The van der Waals surface area contributed by atoms with Crippen molar-refractivity contribution < 1.29 is 0 Å². The molecule has 1 aromatic heterocycles. The molecule has 5 nitrogen and oxygen atoms in total. The molecule has 4 aromatic rings. The van der Waals surface area contributed by atoms with E-state index in [1.165, 1.54) is 5.56 Å². The number of rotatable bonds is 6. The van der Waals surface area contributed by atoms with Crippen LogP contribution < -0.4 is 11.0 Å². The lowest BCUT2D eigenvalue weighted by Crippen LogP contribution is -2.40. The normalized spacial score (nSPS) is 16.8. The number of benzene rings is 3. The van der Waals surface area contributed by atoms with Gasteiger partial charge in [-0.15, -0.1) is 0 Å². The maximum Gasteiger partial charge on any atom is 0.259 e. The standard InChI is InChI=1S/C29H28N4O/c1-3-29(2)18-23-16-10-11-17-24(23)26-25(29)27(34)33(20-22-14-8-5-9-15-22)28(31-26)32-30-19-21-12-6-4-7-13-21/h4-17,19H,3,18,20H2,1-2H3,(H,31,32)/b30-19+. The molecule has 1 aliphatic carbocycles. The van der Waals surface area contributed by atoms with Crippen LogP contribution in [0.2, 0.25) is 0 Å². The van der Waals surface area contributed by atoms with Crippen LogP contribution in [-0.2, 0) is 18.4 Å². The molecule has 1 unspecified atom stereocenters. The maximum atomic E-state index is 14.1. The van der Waals surface area contributed by atoms with E-state index in [-0.39, 0.29) is 11.0 Å². The molecular formula is C29H28N4O. The Bertz CT molecular complexity index is 1390. The van der Waals surface area contributed by atoms with Gasteiger partial charge < -0.3 is 0 Å². The van der Waals surface area contributed by atoms with Gasteiger partial charge in [0.05, 0.1) is 24.0 Å². The summed E-state index contributed by atoms with van der Waals surface area (Å²) in [5, 5.41) is 4.42. The van der Waals surface area contributed by atoms with E-state index in [4.69, 9.17) is 4.98 Å². The van der Waals surface area contributed by atoms with E-state index in [0.29, 0.717) is 12.5 Å². The van der Waals surface area contributed by atoms with Gasteiger partial charge in [0.1, 0.15) is 0 Å². The largest absolute Gasteiger partial charge is 0.273 e. The molecule has 0 bridgehead atoms. The molecule has 3 aromatic carbocycles. The van der Waals surface area contributed by atoms with Gasteiger partial charge in [-0.1, -0.05) is 98.8 Å². The minimum Gasteiger partial charge on any atom is -0.273 e. The molecular weight excluding hydrogens is 420 g/mol. The van der Waals surface area contributed by atoms with Crippen molar-refractivity contribution in [2.24, 2.45) is 5.10 Å². The third-order valence-electron chi connectivity index (χ3n) is 6.77. The average Bonchev–Trinajstić information content (AvgIpc) is 2.87. The summed E-state index contributed by atoms with van der Waals surface area (Å²) in [5.74, 6) is 0.440. The average molecular weight is 449 g/mol. The third kappa shape index (κ3) is 4.05. The van der Waals surface area contributed by atoms with Gasteiger partial charge in [0.25, 0.3) is 5.56 Å². The number of nitrogens with one attached hydrogen (secondary N) is 1. The van der Waals surface area contributed by atoms with Gasteiger partial charge >= 0.3 is 0 Å². The molecule has 0 spiro atoms. The number of hydrazone groups is 1. The number of fused-ring (bicyclic) bond motifs is 3. The van der Waals surface area contributed by atoms with Crippen molar-refractivity contribution >= 4 is 12.2 Å². The Morgan fingerprint density at radius 1 is 1.00 bits per heavy atom. The zero-order valence-corrected chi connectivity index (χ0v) is 19.5. The minimum absolute atomic E-state index is 0.00915. The van der Waals surface area contributed by atoms with Crippen LogP contribution in [0.3, 0.4) is 0 Å². The van der Waals surface area contributed by atoms with Crippen LogP contribution in [0.25, 0.3) is 11.3 Å². The van der Waals surface area contributed by atoms with Crippen LogP contribution in [0.4, 0.5) is 5.95 Å². The van der Waals surface area contributed by atoms with Crippen LogP contribution in [-0.4, -0.2) is 15.8 Å². The van der Waals surface area contributed by atoms with Gasteiger partial charge in [0.2, 0.25) is 5.95 Å². The highest BCUT2D eigenvalue weighted by molar-refractivity contribution is 5.80. The Balaban J connectivity index is 1.67. The zero-order valence-electron chi connectivity index (χ0n) is 19.5. The second-order valence-corrected chi connectivity index (χ2v) is 9.06. The first-order valence-corrected chi connectivity index (χ1v) is 11.7. The Labute approximate surface area is 199 Å². The summed E-state index contributed by atoms with van der Waals surface area (Å²) < 4.78 is 1.72. The summed E-state index contributed by atoms with van der Waals surface area (Å²) >= 11 is 0. The molecule has 5 heteroatoms. The van der Waals surface area contributed by atoms with Crippen LogP contribution in [0.15, 0.2) is 94.8 Å². The van der Waals surface area contributed by atoms with E-state index in [9.17, 15) is 4.79 Å². The molecule has 34 heavy (non-hydrogen) atoms. The SMILES string of the molecule is CCC1(C)Cc2ccccc2-c2nc(N/N=C/c3ccccc3)n(Cc3ccccc3)c(=O)c21. The molecule has 0 saturated carbocycles. The van der Waals surface area contributed by atoms with Crippen molar-refractivity contribution in [1.29, 1.82) is 0 Å². The van der Waals surface area contributed by atoms with Crippen molar-refractivity contribution in [2.75, 3.05) is 5.43 Å². The van der Waals surface area contributed by atoms with E-state index in [0.717, 1.165) is 40.8 Å². The smallest absolute Gasteiger partial charge is 0.259 e. The van der Waals surface area contributed by atoms with Gasteiger partial charge in [0.15, 0.2) is 0 Å². The monoisotopic (exact) mass is 448 g/mol. The predicted octanol–water partition coefficient (Wildman–Crippen LogP) is 5.63. The summed E-state index contributed by atoms with van der Waals surface area (Å²) in [7, 11) is 0. The molecule has 170 valence electrons. The first-order valence-electron chi connectivity index (χ1n) is 11.7. The molecule has 1 heterocycles. The molecule has 1 aliphatic rings. The minimum atomic E-state index is -0.280. The summed E-state index contributed by atoms with van der Waals surface area (Å²) in [4.78, 5) is 19.1. The third-order valence-corrected chi connectivity index (χ3v) is 6.77. The number of aromatic nitrogens is 2. The summed E-state index contributed by atoms with van der Waals surface area (Å²) in [6, 6.07) is 28.1. The van der Waals surface area contributed by atoms with Crippen molar-refractivity contribution in [2.45, 2.75) is 38.6 Å². The Hall–Kier alpha value is -3.99. The Kier molecular flexibility index (Phi) is 5.84. The van der Waals surface area contributed by atoms with Crippen molar-refractivity contribution in [3.8, 4) is 11.3 Å². The van der Waals surface area contributed by atoms with Crippen LogP contribution in [0, 0.1) is 0 Å². The molecule has 0 saturated heterocycles. The van der Waals surface area contributed by atoms with Gasteiger partial charge in [-0.05, 0) is 29.5 Å². The number of nitrogens with zero attached hydrogens (tertiary/aromatic N) is 3. The summed E-state index contributed by atoms with van der Waals surface area (Å²) in [5.41, 5.74) is 8.60. The number of anilines is 1. The molecule has 0 radical (unpaired) electrons. The lowest BCUT2D eigenvalue weighted by Gasteiger charge is -2.35. The highest BCUT2D eigenvalue weighted by Gasteiger charge is 2.38. The van der Waals surface area contributed by atoms with E-state index in [1.54, 1.807) is 10.8 Å². The second-order valence-electron chi connectivity index (χ2n) is 9.06. The van der Waals surface area contributed by atoms with E-state index in [2.05, 4.69) is 42.6 Å².